The molecular formula is C8H14N2O4S. The molecule has 1 atom stereocenters. The Bertz CT molecular complexity index is 257. The van der Waals surface area contributed by atoms with Gasteiger partial charge in [0.25, 0.3) is 0 Å². The molecule has 0 spiro atoms. The largest absolute Gasteiger partial charge is 0.481 e. The molecule has 0 saturated carbocycles. The number of carbonyl (C=O) groups is 3. The summed E-state index contributed by atoms with van der Waals surface area (Å²) in [5.74, 6) is -0.827. The second-order valence-corrected chi connectivity index (χ2v) is 4.13. The summed E-state index contributed by atoms with van der Waals surface area (Å²) in [6.45, 7) is 1.60. The molecule has 1 unspecified atom stereocenters. The summed E-state index contributed by atoms with van der Waals surface area (Å²) in [7, 11) is 0. The molecule has 4 N–H and O–H groups in total. The summed E-state index contributed by atoms with van der Waals surface area (Å²) in [6, 6.07) is -0.871. The Kier molecular flexibility index (Phi) is 6.52. The third-order valence-electron chi connectivity index (χ3n) is 1.53. The van der Waals surface area contributed by atoms with Gasteiger partial charge in [0.15, 0.2) is 0 Å². The lowest BCUT2D eigenvalue weighted by molar-refractivity contribution is -0.140. The minimum atomic E-state index is -0.871. The van der Waals surface area contributed by atoms with Crippen LogP contribution in [0.5, 0.6) is 0 Å². The van der Waals surface area contributed by atoms with Crippen molar-refractivity contribution < 1.29 is 19.5 Å². The molecule has 0 aromatic carbocycles. The number of nitrogens with one attached hydrogen (secondary N) is 1. The predicted octanol–water partition coefficient (Wildman–Crippen LogP) is 0.0253. The van der Waals surface area contributed by atoms with E-state index in [0.717, 1.165) is 0 Å². The summed E-state index contributed by atoms with van der Waals surface area (Å²) in [4.78, 5) is 31.6. The number of urea groups is 1. The number of nitrogens with two attached hydrogens (primary N) is 1. The maximum absolute atomic E-state index is 10.9. The van der Waals surface area contributed by atoms with Crippen molar-refractivity contribution in [3.63, 3.8) is 0 Å². The molecule has 0 saturated heterocycles. The summed E-state index contributed by atoms with van der Waals surface area (Å²) in [5.41, 5.74) is 4.73. The minimum absolute atomic E-state index is 0.153. The van der Waals surface area contributed by atoms with E-state index in [2.05, 4.69) is 0 Å². The SMILES string of the molecule is CC(CSCCC(=O)NC(N)=O)C(=O)O. The van der Waals surface area contributed by atoms with Crippen LogP contribution in [0.25, 0.3) is 0 Å². The van der Waals surface area contributed by atoms with E-state index in [1.54, 1.807) is 6.92 Å². The van der Waals surface area contributed by atoms with E-state index < -0.39 is 23.8 Å². The Morgan fingerprint density at radius 1 is 1.47 bits per heavy atom. The van der Waals surface area contributed by atoms with E-state index in [1.165, 1.54) is 11.8 Å². The number of carbonyl (C=O) groups excluding carboxylic acids is 2. The highest BCUT2D eigenvalue weighted by atomic mass is 32.2. The molecule has 86 valence electrons. The zero-order valence-corrected chi connectivity index (χ0v) is 9.17. The van der Waals surface area contributed by atoms with Gasteiger partial charge in [-0.2, -0.15) is 11.8 Å². The van der Waals surface area contributed by atoms with Crippen LogP contribution in [0.3, 0.4) is 0 Å². The first-order chi connectivity index (χ1) is 6.93. The topological polar surface area (TPSA) is 109 Å². The van der Waals surface area contributed by atoms with E-state index in [9.17, 15) is 14.4 Å². The monoisotopic (exact) mass is 234 g/mol. The lowest BCUT2D eigenvalue weighted by atomic mass is 10.2. The average Bonchev–Trinajstić information content (AvgIpc) is 2.10. The van der Waals surface area contributed by atoms with E-state index in [0.29, 0.717) is 11.5 Å². The second kappa shape index (κ2) is 7.10. The second-order valence-electron chi connectivity index (χ2n) is 2.98. The molecule has 0 fully saturated rings. The fourth-order valence-corrected chi connectivity index (χ4v) is 1.69. The molecule has 15 heavy (non-hydrogen) atoms. The number of rotatable bonds is 6. The average molecular weight is 234 g/mol. The molecule has 6 nitrogen and oxygen atoms in total. The van der Waals surface area contributed by atoms with Crippen LogP contribution < -0.4 is 11.1 Å². The van der Waals surface area contributed by atoms with Crippen molar-refractivity contribution in [1.29, 1.82) is 0 Å². The normalized spacial score (nSPS) is 11.8. The highest BCUT2D eigenvalue weighted by Crippen LogP contribution is 2.09. The highest BCUT2D eigenvalue weighted by Gasteiger charge is 2.11. The van der Waals surface area contributed by atoms with Gasteiger partial charge in [0.1, 0.15) is 0 Å². The van der Waals surface area contributed by atoms with Crippen molar-refractivity contribution in [3.8, 4) is 0 Å². The molecule has 0 heterocycles. The quantitative estimate of drug-likeness (QED) is 0.561. The Hall–Kier alpha value is -1.24. The van der Waals surface area contributed by atoms with E-state index in [-0.39, 0.29) is 6.42 Å². The van der Waals surface area contributed by atoms with Crippen LogP contribution in [0, 0.1) is 5.92 Å². The van der Waals surface area contributed by atoms with Crippen LogP contribution in [0.4, 0.5) is 4.79 Å². The Morgan fingerprint density at radius 3 is 2.53 bits per heavy atom. The molecule has 0 aliphatic heterocycles. The molecule has 0 aromatic rings. The maximum atomic E-state index is 10.9. The summed E-state index contributed by atoms with van der Waals surface area (Å²) < 4.78 is 0. The van der Waals surface area contributed by atoms with E-state index in [4.69, 9.17) is 10.8 Å². The number of carboxylic acids is 1. The van der Waals surface area contributed by atoms with Gasteiger partial charge in [-0.3, -0.25) is 14.9 Å². The van der Waals surface area contributed by atoms with Gasteiger partial charge in [-0.25, -0.2) is 4.79 Å². The first kappa shape index (κ1) is 13.8. The molecular weight excluding hydrogens is 220 g/mol. The zero-order chi connectivity index (χ0) is 11.8. The van der Waals surface area contributed by atoms with Crippen LogP contribution in [0.15, 0.2) is 0 Å². The van der Waals surface area contributed by atoms with Gasteiger partial charge in [-0.15, -0.1) is 0 Å². The van der Waals surface area contributed by atoms with Gasteiger partial charge in [-0.1, -0.05) is 6.92 Å². The summed E-state index contributed by atoms with van der Waals surface area (Å²) >= 11 is 1.35. The lowest BCUT2D eigenvalue weighted by Gasteiger charge is -2.05. The Morgan fingerprint density at radius 2 is 2.07 bits per heavy atom. The van der Waals surface area contributed by atoms with Crippen molar-refractivity contribution >= 4 is 29.7 Å². The van der Waals surface area contributed by atoms with Crippen LogP contribution in [0.2, 0.25) is 0 Å². The van der Waals surface area contributed by atoms with Gasteiger partial charge in [0, 0.05) is 17.9 Å². The van der Waals surface area contributed by atoms with Crippen LogP contribution in [0.1, 0.15) is 13.3 Å². The van der Waals surface area contributed by atoms with Crippen LogP contribution in [-0.4, -0.2) is 34.5 Å². The van der Waals surface area contributed by atoms with Gasteiger partial charge in [0.2, 0.25) is 5.91 Å². The maximum Gasteiger partial charge on any atom is 0.318 e. The molecule has 0 aliphatic carbocycles. The number of hydrogen-bond acceptors (Lipinski definition) is 4. The predicted molar refractivity (Wildman–Crippen MR) is 56.5 cm³/mol. The van der Waals surface area contributed by atoms with Crippen molar-refractivity contribution in [1.82, 2.24) is 5.32 Å². The first-order valence-electron chi connectivity index (χ1n) is 4.33. The molecule has 7 heteroatoms. The number of imide groups is 1. The number of thioether (sulfide) groups is 1. The number of hydrogen-bond donors (Lipinski definition) is 3. The fraction of sp³-hybridized carbons (Fsp3) is 0.625. The number of aliphatic carboxylic acids is 1. The van der Waals surface area contributed by atoms with E-state index >= 15 is 0 Å². The van der Waals surface area contributed by atoms with Gasteiger partial charge < -0.3 is 10.8 Å². The smallest absolute Gasteiger partial charge is 0.318 e. The third kappa shape index (κ3) is 7.80. The minimum Gasteiger partial charge on any atom is -0.481 e. The first-order valence-corrected chi connectivity index (χ1v) is 5.48. The summed E-state index contributed by atoms with van der Waals surface area (Å²) in [5, 5.41) is 10.5. The van der Waals surface area contributed by atoms with Crippen molar-refractivity contribution in [2.24, 2.45) is 11.7 Å². The van der Waals surface area contributed by atoms with Crippen LogP contribution in [-0.2, 0) is 9.59 Å². The number of carboxylic acid groups (broad SMARTS) is 1. The molecule has 0 aromatic heterocycles. The highest BCUT2D eigenvalue weighted by molar-refractivity contribution is 7.99. The molecule has 0 radical (unpaired) electrons. The molecule has 3 amide bonds. The third-order valence-corrected chi connectivity index (χ3v) is 2.75. The lowest BCUT2D eigenvalue weighted by Crippen LogP contribution is -2.35. The Labute approximate surface area is 91.6 Å². The summed E-state index contributed by atoms with van der Waals surface area (Å²) in [6.07, 6.45) is 0.153. The standard InChI is InChI=1S/C8H14N2O4S/c1-5(7(12)13)4-15-3-2-6(11)10-8(9)14/h5H,2-4H2,1H3,(H,12,13)(H3,9,10,11,14). The van der Waals surface area contributed by atoms with Crippen molar-refractivity contribution in [3.05, 3.63) is 0 Å². The Balaban J connectivity index is 3.50. The number of primary amides is 1. The fourth-order valence-electron chi connectivity index (χ4n) is 0.696. The van der Waals surface area contributed by atoms with Gasteiger partial charge >= 0.3 is 12.0 Å². The van der Waals surface area contributed by atoms with Crippen molar-refractivity contribution in [2.75, 3.05) is 11.5 Å². The molecule has 0 aliphatic rings. The van der Waals surface area contributed by atoms with Crippen molar-refractivity contribution in [2.45, 2.75) is 13.3 Å². The van der Waals surface area contributed by atoms with E-state index in [1.807, 2.05) is 5.32 Å². The van der Waals surface area contributed by atoms with Crippen LogP contribution >= 0.6 is 11.8 Å². The van der Waals surface area contributed by atoms with Gasteiger partial charge in [0.05, 0.1) is 5.92 Å². The number of amides is 3. The molecule has 0 rings (SSSR count). The molecule has 0 bridgehead atoms. The zero-order valence-electron chi connectivity index (χ0n) is 8.36. The van der Waals surface area contributed by atoms with Gasteiger partial charge in [-0.05, 0) is 0 Å².